The molecule has 5 heteroatoms. The van der Waals surface area contributed by atoms with Crippen molar-refractivity contribution in [2.45, 2.75) is 25.8 Å². The molecule has 0 saturated carbocycles. The average molecular weight is 293 g/mol. The van der Waals surface area contributed by atoms with Crippen LogP contribution in [-0.4, -0.2) is 55.5 Å². The van der Waals surface area contributed by atoms with Crippen LogP contribution in [0.3, 0.4) is 0 Å². The van der Waals surface area contributed by atoms with Crippen LogP contribution < -0.4 is 5.32 Å². The summed E-state index contributed by atoms with van der Waals surface area (Å²) in [5, 5.41) is 3.32. The first kappa shape index (κ1) is 15.8. The Bertz CT molecular complexity index is 476. The summed E-state index contributed by atoms with van der Waals surface area (Å²) in [6.07, 6.45) is 1.85. The van der Waals surface area contributed by atoms with E-state index in [4.69, 9.17) is 0 Å². The van der Waals surface area contributed by atoms with Gasteiger partial charge in [0.15, 0.2) is 0 Å². The summed E-state index contributed by atoms with van der Waals surface area (Å²) in [4.78, 5) is 15.5. The summed E-state index contributed by atoms with van der Waals surface area (Å²) in [6, 6.07) is 5.40. The van der Waals surface area contributed by atoms with Gasteiger partial charge in [-0.15, -0.1) is 0 Å². The number of aryl methyl sites for hydroxylation is 1. The van der Waals surface area contributed by atoms with Gasteiger partial charge >= 0.3 is 0 Å². The number of para-hydroxylation sites is 1. The van der Waals surface area contributed by atoms with E-state index in [2.05, 4.69) is 10.2 Å². The van der Waals surface area contributed by atoms with Crippen molar-refractivity contribution >= 4 is 11.6 Å². The summed E-state index contributed by atoms with van der Waals surface area (Å²) in [5.41, 5.74) is 1.54. The van der Waals surface area contributed by atoms with Gasteiger partial charge in [-0.2, -0.15) is 0 Å². The number of carbonyl (C=O) groups is 1. The van der Waals surface area contributed by atoms with E-state index in [-0.39, 0.29) is 17.8 Å². The number of hydrogen-bond donors (Lipinski definition) is 1. The molecular weight excluding hydrogens is 269 g/mol. The van der Waals surface area contributed by atoms with Crippen molar-refractivity contribution in [1.29, 1.82) is 0 Å². The number of rotatable bonds is 4. The van der Waals surface area contributed by atoms with Crippen LogP contribution in [0, 0.1) is 12.7 Å². The first-order valence-corrected chi connectivity index (χ1v) is 7.41. The highest BCUT2D eigenvalue weighted by molar-refractivity contribution is 5.77. The van der Waals surface area contributed by atoms with Gasteiger partial charge < -0.3 is 10.2 Å². The Morgan fingerprint density at radius 3 is 2.62 bits per heavy atom. The molecule has 4 nitrogen and oxygen atoms in total. The van der Waals surface area contributed by atoms with E-state index in [9.17, 15) is 9.18 Å². The molecule has 0 atom stereocenters. The molecule has 0 unspecified atom stereocenters. The van der Waals surface area contributed by atoms with Crippen LogP contribution in [0.15, 0.2) is 18.2 Å². The molecule has 0 spiro atoms. The highest BCUT2D eigenvalue weighted by atomic mass is 19.1. The molecule has 1 aliphatic heterocycles. The van der Waals surface area contributed by atoms with Crippen LogP contribution in [0.1, 0.15) is 18.4 Å². The lowest BCUT2D eigenvalue weighted by atomic mass is 10.0. The second-order valence-corrected chi connectivity index (χ2v) is 5.91. The van der Waals surface area contributed by atoms with Gasteiger partial charge in [0.2, 0.25) is 5.91 Å². The van der Waals surface area contributed by atoms with E-state index >= 15 is 0 Å². The number of halogens is 1. The Morgan fingerprint density at radius 1 is 1.38 bits per heavy atom. The fourth-order valence-electron chi connectivity index (χ4n) is 2.59. The Balaban J connectivity index is 1.86. The zero-order chi connectivity index (χ0) is 15.4. The number of nitrogens with one attached hydrogen (secondary N) is 1. The highest BCUT2D eigenvalue weighted by Crippen LogP contribution is 2.22. The largest absolute Gasteiger partial charge is 0.380 e. The number of nitrogens with zero attached hydrogens (tertiary/aromatic N) is 2. The molecule has 1 saturated heterocycles. The smallest absolute Gasteiger partial charge is 0.236 e. The zero-order valence-corrected chi connectivity index (χ0v) is 13.0. The number of piperidine rings is 1. The standard InChI is InChI=1S/C16H24FN3O/c1-12-5-4-6-14(17)16(12)18-13-7-9-20(10-8-13)11-15(21)19(2)3/h4-6,13,18H,7-11H2,1-3H3. The lowest BCUT2D eigenvalue weighted by Gasteiger charge is -2.33. The Morgan fingerprint density at radius 2 is 2.05 bits per heavy atom. The normalized spacial score (nSPS) is 16.8. The lowest BCUT2D eigenvalue weighted by molar-refractivity contribution is -0.130. The van der Waals surface area contributed by atoms with E-state index in [1.54, 1.807) is 25.1 Å². The molecule has 1 fully saturated rings. The Hall–Kier alpha value is -1.62. The summed E-state index contributed by atoms with van der Waals surface area (Å²) in [5.74, 6) is -0.0634. The van der Waals surface area contributed by atoms with Crippen LogP contribution >= 0.6 is 0 Å². The van der Waals surface area contributed by atoms with Crippen molar-refractivity contribution in [3.63, 3.8) is 0 Å². The van der Waals surface area contributed by atoms with E-state index in [0.717, 1.165) is 31.5 Å². The van der Waals surface area contributed by atoms with E-state index in [0.29, 0.717) is 12.2 Å². The Kier molecular flexibility index (Phi) is 5.17. The quantitative estimate of drug-likeness (QED) is 0.923. The second-order valence-electron chi connectivity index (χ2n) is 5.91. The number of anilines is 1. The lowest BCUT2D eigenvalue weighted by Crippen LogP contribution is -2.44. The second kappa shape index (κ2) is 6.89. The van der Waals surface area contributed by atoms with Crippen molar-refractivity contribution in [3.05, 3.63) is 29.6 Å². The zero-order valence-electron chi connectivity index (χ0n) is 13.0. The van der Waals surface area contributed by atoms with Crippen LogP contribution in [0.25, 0.3) is 0 Å². The van der Waals surface area contributed by atoms with Crippen LogP contribution in [-0.2, 0) is 4.79 Å². The maximum atomic E-state index is 13.8. The summed E-state index contributed by atoms with van der Waals surface area (Å²) >= 11 is 0. The summed E-state index contributed by atoms with van der Waals surface area (Å²) in [7, 11) is 3.55. The number of amides is 1. The van der Waals surface area contributed by atoms with E-state index in [1.807, 2.05) is 13.0 Å². The van der Waals surface area contributed by atoms with Gasteiger partial charge in [0, 0.05) is 33.2 Å². The molecule has 0 aliphatic carbocycles. The number of likely N-dealkylation sites (N-methyl/N-ethyl adjacent to an activating group) is 1. The number of carbonyl (C=O) groups excluding carboxylic acids is 1. The van der Waals surface area contributed by atoms with Crippen molar-refractivity contribution in [3.8, 4) is 0 Å². The fourth-order valence-corrected chi connectivity index (χ4v) is 2.59. The maximum Gasteiger partial charge on any atom is 0.236 e. The third kappa shape index (κ3) is 4.17. The van der Waals surface area contributed by atoms with Gasteiger partial charge in [-0.3, -0.25) is 9.69 Å². The predicted molar refractivity (Wildman–Crippen MR) is 82.9 cm³/mol. The summed E-state index contributed by atoms with van der Waals surface area (Å²) in [6.45, 7) is 4.12. The van der Waals surface area contributed by atoms with E-state index in [1.165, 1.54) is 6.07 Å². The number of likely N-dealkylation sites (tertiary alicyclic amines) is 1. The third-order valence-corrected chi connectivity index (χ3v) is 4.02. The van der Waals surface area contributed by atoms with Gasteiger partial charge in [-0.25, -0.2) is 4.39 Å². The molecule has 1 aromatic carbocycles. The van der Waals surface area contributed by atoms with Crippen LogP contribution in [0.5, 0.6) is 0 Å². The maximum absolute atomic E-state index is 13.8. The molecule has 1 heterocycles. The topological polar surface area (TPSA) is 35.6 Å². The highest BCUT2D eigenvalue weighted by Gasteiger charge is 2.22. The predicted octanol–water partition coefficient (Wildman–Crippen LogP) is 2.10. The Labute approximate surface area is 125 Å². The molecule has 0 bridgehead atoms. The molecule has 0 aromatic heterocycles. The molecule has 116 valence electrons. The minimum atomic E-state index is -0.194. The van der Waals surface area contributed by atoms with Crippen LogP contribution in [0.4, 0.5) is 10.1 Å². The minimum absolute atomic E-state index is 0.131. The van der Waals surface area contributed by atoms with Crippen molar-refractivity contribution < 1.29 is 9.18 Å². The van der Waals surface area contributed by atoms with Gasteiger partial charge in [-0.05, 0) is 31.4 Å². The monoisotopic (exact) mass is 293 g/mol. The molecular formula is C16H24FN3O. The SMILES string of the molecule is Cc1cccc(F)c1NC1CCN(CC(=O)N(C)C)CC1. The molecule has 2 rings (SSSR count). The van der Waals surface area contributed by atoms with Gasteiger partial charge in [0.1, 0.15) is 5.82 Å². The molecule has 1 amide bonds. The van der Waals surface area contributed by atoms with Crippen molar-refractivity contribution in [1.82, 2.24) is 9.80 Å². The molecule has 21 heavy (non-hydrogen) atoms. The van der Waals surface area contributed by atoms with Gasteiger partial charge in [-0.1, -0.05) is 12.1 Å². The molecule has 1 aromatic rings. The van der Waals surface area contributed by atoms with Gasteiger partial charge in [0.05, 0.1) is 12.2 Å². The van der Waals surface area contributed by atoms with Crippen molar-refractivity contribution in [2.75, 3.05) is 39.0 Å². The molecule has 1 aliphatic rings. The first-order chi connectivity index (χ1) is 9.97. The summed E-state index contributed by atoms with van der Waals surface area (Å²) < 4.78 is 13.8. The van der Waals surface area contributed by atoms with Gasteiger partial charge in [0.25, 0.3) is 0 Å². The molecule has 1 N–H and O–H groups in total. The average Bonchev–Trinajstić information content (AvgIpc) is 2.44. The first-order valence-electron chi connectivity index (χ1n) is 7.41. The van der Waals surface area contributed by atoms with E-state index < -0.39 is 0 Å². The van der Waals surface area contributed by atoms with Crippen molar-refractivity contribution in [2.24, 2.45) is 0 Å². The van der Waals surface area contributed by atoms with Crippen LogP contribution in [0.2, 0.25) is 0 Å². The minimum Gasteiger partial charge on any atom is -0.380 e. The number of benzene rings is 1. The fraction of sp³-hybridized carbons (Fsp3) is 0.562. The number of hydrogen-bond acceptors (Lipinski definition) is 3. The third-order valence-electron chi connectivity index (χ3n) is 4.02. The molecule has 0 radical (unpaired) electrons.